The summed E-state index contributed by atoms with van der Waals surface area (Å²) in [6.07, 6.45) is 0. The number of benzene rings is 1. The molecule has 1 aromatic heterocycles. The number of nitrogens with one attached hydrogen (secondary N) is 1. The third kappa shape index (κ3) is 4.31. The highest BCUT2D eigenvalue weighted by Gasteiger charge is 2.12. The normalized spacial score (nSPS) is 12.4. The molecule has 0 aliphatic carbocycles. The molecule has 1 aromatic carbocycles. The van der Waals surface area contributed by atoms with E-state index in [1.807, 2.05) is 11.3 Å². The molecule has 0 bridgehead atoms. The molecule has 0 amide bonds. The molecule has 0 spiro atoms. The van der Waals surface area contributed by atoms with E-state index in [1.165, 1.54) is 20.6 Å². The second-order valence-electron chi connectivity index (χ2n) is 5.08. The van der Waals surface area contributed by atoms with Crippen LogP contribution in [-0.2, 0) is 6.54 Å². The quantitative estimate of drug-likeness (QED) is 0.723. The summed E-state index contributed by atoms with van der Waals surface area (Å²) in [5, 5.41) is 5.60. The summed E-state index contributed by atoms with van der Waals surface area (Å²) in [6, 6.07) is 11.4. The molecule has 114 valence electrons. The predicted octanol–water partition coefficient (Wildman–Crippen LogP) is 5.21. The van der Waals surface area contributed by atoms with E-state index < -0.39 is 0 Å². The zero-order chi connectivity index (χ0) is 15.2. The Hall–Kier alpha value is -0.840. The van der Waals surface area contributed by atoms with Gasteiger partial charge in [-0.2, -0.15) is 0 Å². The Labute approximate surface area is 140 Å². The molecular weight excluding hydrogens is 344 g/mol. The van der Waals surface area contributed by atoms with Gasteiger partial charge >= 0.3 is 0 Å². The first kappa shape index (κ1) is 16.5. The lowest BCUT2D eigenvalue weighted by molar-refractivity contribution is 0.596. The van der Waals surface area contributed by atoms with E-state index in [0.717, 1.165) is 19.6 Å². The SMILES string of the molecule is CCNC(C)c1ccc(N(CC)Cc2cccs2)cc1Br. The van der Waals surface area contributed by atoms with Crippen LogP contribution in [0.2, 0.25) is 0 Å². The van der Waals surface area contributed by atoms with Crippen LogP contribution >= 0.6 is 27.3 Å². The van der Waals surface area contributed by atoms with Crippen molar-refractivity contribution >= 4 is 33.0 Å². The fourth-order valence-corrected chi connectivity index (χ4v) is 3.89. The maximum atomic E-state index is 3.73. The molecule has 0 aliphatic rings. The van der Waals surface area contributed by atoms with Crippen LogP contribution in [0.1, 0.15) is 37.3 Å². The number of nitrogens with zero attached hydrogens (tertiary/aromatic N) is 1. The van der Waals surface area contributed by atoms with Crippen LogP contribution in [0.4, 0.5) is 5.69 Å². The summed E-state index contributed by atoms with van der Waals surface area (Å²) in [7, 11) is 0. The summed E-state index contributed by atoms with van der Waals surface area (Å²) < 4.78 is 1.18. The molecule has 1 atom stereocenters. The third-order valence-corrected chi connectivity index (χ3v) is 5.18. The highest BCUT2D eigenvalue weighted by atomic mass is 79.9. The first-order chi connectivity index (χ1) is 10.2. The van der Waals surface area contributed by atoms with Crippen molar-refractivity contribution in [2.45, 2.75) is 33.4 Å². The zero-order valence-electron chi connectivity index (χ0n) is 12.9. The number of thiophene rings is 1. The minimum absolute atomic E-state index is 0.366. The molecule has 0 aliphatic heterocycles. The van der Waals surface area contributed by atoms with E-state index in [9.17, 15) is 0 Å². The highest BCUT2D eigenvalue weighted by Crippen LogP contribution is 2.29. The number of hydrogen-bond donors (Lipinski definition) is 1. The second kappa shape index (κ2) is 7.97. The van der Waals surface area contributed by atoms with Crippen molar-refractivity contribution in [1.82, 2.24) is 5.32 Å². The number of halogens is 1. The van der Waals surface area contributed by atoms with Gasteiger partial charge in [0.2, 0.25) is 0 Å². The Morgan fingerprint density at radius 2 is 2.10 bits per heavy atom. The molecule has 0 radical (unpaired) electrons. The molecule has 2 rings (SSSR count). The average molecular weight is 367 g/mol. The van der Waals surface area contributed by atoms with Crippen molar-refractivity contribution in [1.29, 1.82) is 0 Å². The summed E-state index contributed by atoms with van der Waals surface area (Å²) in [5.74, 6) is 0. The van der Waals surface area contributed by atoms with Crippen LogP contribution in [0.3, 0.4) is 0 Å². The smallest absolute Gasteiger partial charge is 0.0522 e. The molecule has 1 heterocycles. The van der Waals surface area contributed by atoms with E-state index in [-0.39, 0.29) is 0 Å². The third-order valence-electron chi connectivity index (χ3n) is 3.63. The molecule has 0 saturated heterocycles. The minimum atomic E-state index is 0.366. The van der Waals surface area contributed by atoms with Gasteiger partial charge in [-0.15, -0.1) is 11.3 Å². The van der Waals surface area contributed by atoms with Gasteiger partial charge in [-0.25, -0.2) is 0 Å². The minimum Gasteiger partial charge on any atom is -0.367 e. The maximum Gasteiger partial charge on any atom is 0.0522 e. The standard InChI is InChI=1S/C17H23BrN2S/c1-4-19-13(3)16-9-8-14(11-17(16)18)20(5-2)12-15-7-6-10-21-15/h6-11,13,19H,4-5,12H2,1-3H3. The Morgan fingerprint density at radius 1 is 1.29 bits per heavy atom. The van der Waals surface area contributed by atoms with Gasteiger partial charge in [0, 0.05) is 27.6 Å². The van der Waals surface area contributed by atoms with Gasteiger partial charge in [-0.3, -0.25) is 0 Å². The molecule has 2 aromatic rings. The summed E-state index contributed by atoms with van der Waals surface area (Å²) in [4.78, 5) is 3.80. The molecule has 4 heteroatoms. The summed E-state index contributed by atoms with van der Waals surface area (Å²) in [6.45, 7) is 9.51. The molecule has 2 nitrogen and oxygen atoms in total. The van der Waals surface area contributed by atoms with Crippen molar-refractivity contribution in [3.63, 3.8) is 0 Å². The molecule has 21 heavy (non-hydrogen) atoms. The lowest BCUT2D eigenvalue weighted by Gasteiger charge is -2.24. The van der Waals surface area contributed by atoms with Gasteiger partial charge in [-0.1, -0.05) is 35.0 Å². The second-order valence-corrected chi connectivity index (χ2v) is 6.97. The number of hydrogen-bond acceptors (Lipinski definition) is 3. The van der Waals surface area contributed by atoms with Gasteiger partial charge in [0.1, 0.15) is 0 Å². The average Bonchev–Trinajstić information content (AvgIpc) is 2.97. The Morgan fingerprint density at radius 3 is 2.67 bits per heavy atom. The Balaban J connectivity index is 2.17. The van der Waals surface area contributed by atoms with Crippen LogP contribution in [0.5, 0.6) is 0 Å². The molecule has 1 unspecified atom stereocenters. The number of anilines is 1. The predicted molar refractivity (Wildman–Crippen MR) is 97.3 cm³/mol. The number of rotatable bonds is 7. The summed E-state index contributed by atoms with van der Waals surface area (Å²) in [5.41, 5.74) is 2.58. The zero-order valence-corrected chi connectivity index (χ0v) is 15.3. The molecular formula is C17H23BrN2S. The van der Waals surface area contributed by atoms with Gasteiger partial charge in [0.15, 0.2) is 0 Å². The van der Waals surface area contributed by atoms with E-state index in [1.54, 1.807) is 0 Å². The van der Waals surface area contributed by atoms with Crippen LogP contribution in [0.15, 0.2) is 40.2 Å². The maximum absolute atomic E-state index is 3.73. The van der Waals surface area contributed by atoms with Crippen molar-refractivity contribution in [2.24, 2.45) is 0 Å². The Kier molecular flexibility index (Phi) is 6.27. The van der Waals surface area contributed by atoms with E-state index >= 15 is 0 Å². The fraction of sp³-hybridized carbons (Fsp3) is 0.412. The van der Waals surface area contributed by atoms with Crippen molar-refractivity contribution in [3.8, 4) is 0 Å². The van der Waals surface area contributed by atoms with Crippen LogP contribution in [-0.4, -0.2) is 13.1 Å². The molecule has 0 fully saturated rings. The van der Waals surface area contributed by atoms with E-state index in [4.69, 9.17) is 0 Å². The first-order valence-corrected chi connectivity index (χ1v) is 9.13. The van der Waals surface area contributed by atoms with Crippen LogP contribution in [0.25, 0.3) is 0 Å². The summed E-state index contributed by atoms with van der Waals surface area (Å²) >= 11 is 5.55. The lowest BCUT2D eigenvalue weighted by atomic mass is 10.1. The van der Waals surface area contributed by atoms with Crippen LogP contribution in [0, 0.1) is 0 Å². The first-order valence-electron chi connectivity index (χ1n) is 7.45. The topological polar surface area (TPSA) is 15.3 Å². The van der Waals surface area contributed by atoms with Crippen molar-refractivity contribution in [3.05, 3.63) is 50.6 Å². The van der Waals surface area contributed by atoms with Gasteiger partial charge < -0.3 is 10.2 Å². The van der Waals surface area contributed by atoms with E-state index in [2.05, 4.69) is 82.6 Å². The molecule has 1 N–H and O–H groups in total. The highest BCUT2D eigenvalue weighted by molar-refractivity contribution is 9.10. The van der Waals surface area contributed by atoms with Crippen LogP contribution < -0.4 is 10.2 Å². The Bertz CT molecular complexity index is 554. The molecule has 0 saturated carbocycles. The van der Waals surface area contributed by atoms with Crippen molar-refractivity contribution < 1.29 is 0 Å². The van der Waals surface area contributed by atoms with Gasteiger partial charge in [-0.05, 0) is 49.5 Å². The van der Waals surface area contributed by atoms with Gasteiger partial charge in [0.25, 0.3) is 0 Å². The van der Waals surface area contributed by atoms with Crippen molar-refractivity contribution in [2.75, 3.05) is 18.0 Å². The largest absolute Gasteiger partial charge is 0.367 e. The van der Waals surface area contributed by atoms with E-state index in [0.29, 0.717) is 6.04 Å². The van der Waals surface area contributed by atoms with Gasteiger partial charge in [0.05, 0.1) is 6.54 Å². The fourth-order valence-electron chi connectivity index (χ4n) is 2.46. The lowest BCUT2D eigenvalue weighted by Crippen LogP contribution is -2.22. The monoisotopic (exact) mass is 366 g/mol.